The second-order valence-electron chi connectivity index (χ2n) is 7.74. The van der Waals surface area contributed by atoms with Crippen molar-refractivity contribution in [3.8, 4) is 11.5 Å². The maximum atomic E-state index is 13.2. The number of carbonyl (C=O) groups is 2. The van der Waals surface area contributed by atoms with Gasteiger partial charge in [0.25, 0.3) is 5.91 Å². The Morgan fingerprint density at radius 3 is 2.03 bits per heavy atom. The first-order valence-electron chi connectivity index (χ1n) is 10.8. The van der Waals surface area contributed by atoms with E-state index >= 15 is 0 Å². The molecule has 2 aromatic rings. The predicted octanol–water partition coefficient (Wildman–Crippen LogP) is 3.97. The molecule has 0 bridgehead atoms. The van der Waals surface area contributed by atoms with Gasteiger partial charge in [-0.3, -0.25) is 9.59 Å². The number of hydrogen-bond acceptors (Lipinski definition) is 4. The van der Waals surface area contributed by atoms with Crippen molar-refractivity contribution in [1.82, 2.24) is 10.2 Å². The fraction of sp³-hybridized carbons (Fsp3) is 0.440. The zero-order valence-electron chi connectivity index (χ0n) is 19.2. The minimum atomic E-state index is -0.580. The molecule has 0 unspecified atom stereocenters. The normalized spacial score (nSPS) is 11.7. The van der Waals surface area contributed by atoms with Gasteiger partial charge in [-0.05, 0) is 62.1 Å². The van der Waals surface area contributed by atoms with Gasteiger partial charge in [0, 0.05) is 12.6 Å². The number of rotatable bonds is 11. The molecule has 0 aromatic heterocycles. The lowest BCUT2D eigenvalue weighted by molar-refractivity contribution is -0.143. The summed E-state index contributed by atoms with van der Waals surface area (Å²) in [6.45, 7) is 7.98. The van der Waals surface area contributed by atoms with Gasteiger partial charge in [-0.2, -0.15) is 0 Å². The van der Waals surface area contributed by atoms with Crippen LogP contribution in [-0.2, 0) is 22.6 Å². The minimum absolute atomic E-state index is 0.00665. The van der Waals surface area contributed by atoms with Crippen molar-refractivity contribution in [2.45, 2.75) is 59.2 Å². The molecule has 0 radical (unpaired) electrons. The SMILES string of the molecule is CCc1ccc(OCC(=O)N(Cc2ccc(OC)cc2)[C@@H](CC)C(=O)NC(C)C)cc1. The van der Waals surface area contributed by atoms with Crippen LogP contribution >= 0.6 is 0 Å². The van der Waals surface area contributed by atoms with Crippen molar-refractivity contribution in [2.75, 3.05) is 13.7 Å². The highest BCUT2D eigenvalue weighted by molar-refractivity contribution is 5.88. The van der Waals surface area contributed by atoms with Gasteiger partial charge < -0.3 is 19.7 Å². The van der Waals surface area contributed by atoms with Crippen molar-refractivity contribution >= 4 is 11.8 Å². The third kappa shape index (κ3) is 7.31. The van der Waals surface area contributed by atoms with Crippen LogP contribution in [0.4, 0.5) is 0 Å². The molecular weight excluding hydrogens is 392 g/mol. The average Bonchev–Trinajstić information content (AvgIpc) is 2.77. The van der Waals surface area contributed by atoms with Crippen molar-refractivity contribution in [3.05, 3.63) is 59.7 Å². The van der Waals surface area contributed by atoms with Crippen molar-refractivity contribution < 1.29 is 19.1 Å². The molecule has 0 saturated heterocycles. The van der Waals surface area contributed by atoms with Crippen LogP contribution in [0.5, 0.6) is 11.5 Å². The summed E-state index contributed by atoms with van der Waals surface area (Å²) < 4.78 is 10.9. The first kappa shape index (κ1) is 24.3. The molecule has 0 spiro atoms. The zero-order chi connectivity index (χ0) is 22.8. The van der Waals surface area contributed by atoms with Crippen LogP contribution in [0.2, 0.25) is 0 Å². The van der Waals surface area contributed by atoms with Gasteiger partial charge in [0.05, 0.1) is 7.11 Å². The van der Waals surface area contributed by atoms with Gasteiger partial charge in [-0.25, -0.2) is 0 Å². The Labute approximate surface area is 185 Å². The first-order chi connectivity index (χ1) is 14.9. The lowest BCUT2D eigenvalue weighted by Crippen LogP contribution is -2.51. The predicted molar refractivity (Wildman–Crippen MR) is 122 cm³/mol. The third-order valence-corrected chi connectivity index (χ3v) is 5.02. The third-order valence-electron chi connectivity index (χ3n) is 5.02. The van der Waals surface area contributed by atoms with E-state index in [-0.39, 0.29) is 24.5 Å². The van der Waals surface area contributed by atoms with Crippen molar-refractivity contribution in [2.24, 2.45) is 0 Å². The van der Waals surface area contributed by atoms with Gasteiger partial charge in [0.2, 0.25) is 5.91 Å². The molecule has 2 rings (SSSR count). The molecule has 0 saturated carbocycles. The van der Waals surface area contributed by atoms with E-state index in [9.17, 15) is 9.59 Å². The molecule has 31 heavy (non-hydrogen) atoms. The fourth-order valence-electron chi connectivity index (χ4n) is 3.28. The summed E-state index contributed by atoms with van der Waals surface area (Å²) in [4.78, 5) is 27.6. The van der Waals surface area contributed by atoms with Gasteiger partial charge in [0.1, 0.15) is 17.5 Å². The second kappa shape index (κ2) is 12.0. The molecule has 168 valence electrons. The summed E-state index contributed by atoms with van der Waals surface area (Å²) in [6.07, 6.45) is 1.45. The smallest absolute Gasteiger partial charge is 0.261 e. The van der Waals surface area contributed by atoms with Gasteiger partial charge in [-0.15, -0.1) is 0 Å². The number of amides is 2. The number of hydrogen-bond donors (Lipinski definition) is 1. The van der Waals surface area contributed by atoms with Crippen LogP contribution in [0.25, 0.3) is 0 Å². The number of aryl methyl sites for hydroxylation is 1. The number of carbonyl (C=O) groups excluding carboxylic acids is 2. The summed E-state index contributed by atoms with van der Waals surface area (Å²) in [5.74, 6) is 0.979. The first-order valence-corrected chi connectivity index (χ1v) is 10.8. The summed E-state index contributed by atoms with van der Waals surface area (Å²) in [6, 6.07) is 14.6. The lowest BCUT2D eigenvalue weighted by Gasteiger charge is -2.31. The Kier molecular flexibility index (Phi) is 9.38. The van der Waals surface area contributed by atoms with Gasteiger partial charge in [0.15, 0.2) is 6.61 Å². The van der Waals surface area contributed by atoms with E-state index in [1.807, 2.05) is 69.3 Å². The van der Waals surface area contributed by atoms with Crippen LogP contribution in [0.15, 0.2) is 48.5 Å². The highest BCUT2D eigenvalue weighted by atomic mass is 16.5. The van der Waals surface area contributed by atoms with Crippen LogP contribution in [0.1, 0.15) is 45.2 Å². The maximum Gasteiger partial charge on any atom is 0.261 e. The molecule has 6 nitrogen and oxygen atoms in total. The monoisotopic (exact) mass is 426 g/mol. The second-order valence-corrected chi connectivity index (χ2v) is 7.74. The number of methoxy groups -OCH3 is 1. The van der Waals surface area contributed by atoms with Gasteiger partial charge >= 0.3 is 0 Å². The summed E-state index contributed by atoms with van der Waals surface area (Å²) in [5.41, 5.74) is 2.12. The van der Waals surface area contributed by atoms with Crippen LogP contribution < -0.4 is 14.8 Å². The Morgan fingerprint density at radius 1 is 0.935 bits per heavy atom. The molecule has 2 aromatic carbocycles. The van der Waals surface area contributed by atoms with Crippen molar-refractivity contribution in [3.63, 3.8) is 0 Å². The summed E-state index contributed by atoms with van der Waals surface area (Å²) >= 11 is 0. The topological polar surface area (TPSA) is 67.9 Å². The molecule has 2 amide bonds. The van der Waals surface area contributed by atoms with E-state index in [0.717, 1.165) is 17.7 Å². The Hall–Kier alpha value is -3.02. The van der Waals surface area contributed by atoms with Crippen molar-refractivity contribution in [1.29, 1.82) is 0 Å². The summed E-state index contributed by atoms with van der Waals surface area (Å²) in [5, 5.41) is 2.93. The molecular formula is C25H34N2O4. The van der Waals surface area contributed by atoms with E-state index in [1.165, 1.54) is 5.56 Å². The molecule has 1 atom stereocenters. The molecule has 0 aliphatic heterocycles. The molecule has 0 heterocycles. The minimum Gasteiger partial charge on any atom is -0.497 e. The Bertz CT molecular complexity index is 832. The number of nitrogens with one attached hydrogen (secondary N) is 1. The van der Waals surface area contributed by atoms with E-state index in [2.05, 4.69) is 12.2 Å². The number of nitrogens with zero attached hydrogens (tertiary/aromatic N) is 1. The Balaban J connectivity index is 2.18. The Morgan fingerprint density at radius 2 is 1.52 bits per heavy atom. The standard InChI is InChI=1S/C25H34N2O4/c1-6-19-8-14-22(15-9-19)31-17-24(28)27(23(7-2)25(29)26-18(3)4)16-20-10-12-21(30-5)13-11-20/h8-15,18,23H,6-7,16-17H2,1-5H3,(H,26,29)/t23-/m0/s1. The summed E-state index contributed by atoms with van der Waals surface area (Å²) in [7, 11) is 1.61. The largest absolute Gasteiger partial charge is 0.497 e. The molecule has 0 aliphatic carbocycles. The lowest BCUT2D eigenvalue weighted by atomic mass is 10.1. The number of benzene rings is 2. The van der Waals surface area contributed by atoms with Gasteiger partial charge in [-0.1, -0.05) is 38.1 Å². The molecule has 1 N–H and O–H groups in total. The molecule has 0 fully saturated rings. The van der Waals surface area contributed by atoms with E-state index in [0.29, 0.717) is 18.7 Å². The fourth-order valence-corrected chi connectivity index (χ4v) is 3.28. The van der Waals surface area contributed by atoms with E-state index < -0.39 is 6.04 Å². The zero-order valence-corrected chi connectivity index (χ0v) is 19.2. The maximum absolute atomic E-state index is 13.2. The van der Waals surface area contributed by atoms with Crippen LogP contribution in [-0.4, -0.2) is 42.5 Å². The quantitative estimate of drug-likeness (QED) is 0.590. The van der Waals surface area contributed by atoms with E-state index in [4.69, 9.17) is 9.47 Å². The molecule has 6 heteroatoms. The molecule has 0 aliphatic rings. The van der Waals surface area contributed by atoms with Crippen LogP contribution in [0.3, 0.4) is 0 Å². The van der Waals surface area contributed by atoms with E-state index in [1.54, 1.807) is 12.0 Å². The number of ether oxygens (including phenoxy) is 2. The average molecular weight is 427 g/mol. The highest BCUT2D eigenvalue weighted by Gasteiger charge is 2.29. The highest BCUT2D eigenvalue weighted by Crippen LogP contribution is 2.17. The van der Waals surface area contributed by atoms with Crippen LogP contribution in [0, 0.1) is 0 Å².